The first kappa shape index (κ1) is 13.5. The fourth-order valence-corrected chi connectivity index (χ4v) is 2.05. The summed E-state index contributed by atoms with van der Waals surface area (Å²) in [6.45, 7) is 0.0137. The number of carbonyl (C=O) groups is 1. The van der Waals surface area contributed by atoms with E-state index in [1.54, 1.807) is 12.1 Å². The minimum Gasteiger partial charge on any atom is -0.376 e. The van der Waals surface area contributed by atoms with Crippen molar-refractivity contribution in [3.05, 3.63) is 24.3 Å². The van der Waals surface area contributed by atoms with E-state index in [1.807, 2.05) is 0 Å². The highest BCUT2D eigenvalue weighted by atomic mass is 32.2. The Labute approximate surface area is 100 Å². The third kappa shape index (κ3) is 3.43. The SMILES string of the molecule is CN(C)S(=O)(=O)c1ccc(NCC(N)=O)cc1. The summed E-state index contributed by atoms with van der Waals surface area (Å²) >= 11 is 0. The Hall–Kier alpha value is -1.60. The number of nitrogens with one attached hydrogen (secondary N) is 1. The predicted molar refractivity (Wildman–Crippen MR) is 65.0 cm³/mol. The molecule has 1 aromatic carbocycles. The molecule has 6 nitrogen and oxygen atoms in total. The van der Waals surface area contributed by atoms with Crippen LogP contribution in [0.25, 0.3) is 0 Å². The lowest BCUT2D eigenvalue weighted by Gasteiger charge is -2.11. The van der Waals surface area contributed by atoms with Gasteiger partial charge in [-0.05, 0) is 24.3 Å². The van der Waals surface area contributed by atoms with Crippen molar-refractivity contribution in [3.8, 4) is 0 Å². The van der Waals surface area contributed by atoms with Crippen LogP contribution in [0.5, 0.6) is 0 Å². The van der Waals surface area contributed by atoms with Crippen LogP contribution in [0.3, 0.4) is 0 Å². The van der Waals surface area contributed by atoms with E-state index in [-0.39, 0.29) is 11.4 Å². The number of hydrogen-bond acceptors (Lipinski definition) is 4. The summed E-state index contributed by atoms with van der Waals surface area (Å²) in [5.41, 5.74) is 5.62. The Morgan fingerprint density at radius 1 is 1.29 bits per heavy atom. The predicted octanol–water partition coefficient (Wildman–Crippen LogP) is -0.166. The maximum absolute atomic E-state index is 11.7. The summed E-state index contributed by atoms with van der Waals surface area (Å²) in [5, 5.41) is 2.77. The fourth-order valence-electron chi connectivity index (χ4n) is 1.14. The molecular formula is C10H15N3O3S. The molecule has 17 heavy (non-hydrogen) atoms. The van der Waals surface area contributed by atoms with Crippen LogP contribution in [0.1, 0.15) is 0 Å². The number of benzene rings is 1. The zero-order valence-corrected chi connectivity index (χ0v) is 10.5. The Balaban J connectivity index is 2.85. The standard InChI is InChI=1S/C10H15N3O3S/c1-13(2)17(15,16)9-5-3-8(4-6-9)12-7-10(11)14/h3-6,12H,7H2,1-2H3,(H2,11,14). The molecule has 0 saturated heterocycles. The molecule has 0 aliphatic heterocycles. The summed E-state index contributed by atoms with van der Waals surface area (Å²) in [6.07, 6.45) is 0. The van der Waals surface area contributed by atoms with E-state index < -0.39 is 15.9 Å². The van der Waals surface area contributed by atoms with Gasteiger partial charge in [0.05, 0.1) is 11.4 Å². The Morgan fingerprint density at radius 3 is 2.24 bits per heavy atom. The van der Waals surface area contributed by atoms with Gasteiger partial charge in [0.2, 0.25) is 15.9 Å². The maximum atomic E-state index is 11.7. The molecule has 0 atom stereocenters. The van der Waals surface area contributed by atoms with Gasteiger partial charge in [-0.25, -0.2) is 12.7 Å². The minimum absolute atomic E-state index is 0.0137. The second-order valence-electron chi connectivity index (χ2n) is 3.63. The van der Waals surface area contributed by atoms with Gasteiger partial charge in [-0.1, -0.05) is 0 Å². The number of rotatable bonds is 5. The topological polar surface area (TPSA) is 92.5 Å². The van der Waals surface area contributed by atoms with Crippen LogP contribution < -0.4 is 11.1 Å². The Kier molecular flexibility index (Phi) is 4.08. The monoisotopic (exact) mass is 257 g/mol. The van der Waals surface area contributed by atoms with Crippen LogP contribution in [0.15, 0.2) is 29.2 Å². The third-order valence-electron chi connectivity index (χ3n) is 2.10. The van der Waals surface area contributed by atoms with Gasteiger partial charge in [0.1, 0.15) is 0 Å². The van der Waals surface area contributed by atoms with Gasteiger partial charge < -0.3 is 11.1 Å². The molecule has 0 radical (unpaired) electrons. The zero-order chi connectivity index (χ0) is 13.1. The van der Waals surface area contributed by atoms with Crippen LogP contribution in [-0.4, -0.2) is 39.3 Å². The van der Waals surface area contributed by atoms with E-state index in [1.165, 1.54) is 26.2 Å². The van der Waals surface area contributed by atoms with Crippen molar-refractivity contribution in [3.63, 3.8) is 0 Å². The van der Waals surface area contributed by atoms with Crippen LogP contribution in [0, 0.1) is 0 Å². The first-order valence-corrected chi connectivity index (χ1v) is 6.33. The first-order chi connectivity index (χ1) is 7.84. The molecule has 94 valence electrons. The summed E-state index contributed by atoms with van der Waals surface area (Å²) in [5.74, 6) is -0.477. The highest BCUT2D eigenvalue weighted by molar-refractivity contribution is 7.89. The minimum atomic E-state index is -3.41. The van der Waals surface area contributed by atoms with Crippen LogP contribution >= 0.6 is 0 Å². The molecule has 3 N–H and O–H groups in total. The van der Waals surface area contributed by atoms with E-state index in [0.29, 0.717) is 5.69 Å². The quantitative estimate of drug-likeness (QED) is 0.766. The molecule has 0 saturated carbocycles. The van der Waals surface area contributed by atoms with Gasteiger partial charge in [-0.2, -0.15) is 0 Å². The number of sulfonamides is 1. The third-order valence-corrected chi connectivity index (χ3v) is 3.93. The molecular weight excluding hydrogens is 242 g/mol. The number of hydrogen-bond donors (Lipinski definition) is 2. The van der Waals surface area contributed by atoms with Gasteiger partial charge in [-0.3, -0.25) is 4.79 Å². The molecule has 7 heteroatoms. The number of anilines is 1. The van der Waals surface area contributed by atoms with E-state index in [4.69, 9.17) is 5.73 Å². The Morgan fingerprint density at radius 2 is 1.82 bits per heavy atom. The molecule has 1 rings (SSSR count). The number of carbonyl (C=O) groups excluding carboxylic acids is 1. The highest BCUT2D eigenvalue weighted by Gasteiger charge is 2.16. The molecule has 0 bridgehead atoms. The van der Waals surface area contributed by atoms with Gasteiger partial charge in [0.25, 0.3) is 0 Å². The second-order valence-corrected chi connectivity index (χ2v) is 5.78. The van der Waals surface area contributed by atoms with E-state index in [0.717, 1.165) is 4.31 Å². The zero-order valence-electron chi connectivity index (χ0n) is 9.67. The van der Waals surface area contributed by atoms with E-state index >= 15 is 0 Å². The number of nitrogens with zero attached hydrogens (tertiary/aromatic N) is 1. The van der Waals surface area contributed by atoms with Crippen LogP contribution in [0.2, 0.25) is 0 Å². The van der Waals surface area contributed by atoms with Gasteiger partial charge in [-0.15, -0.1) is 0 Å². The average Bonchev–Trinajstić information content (AvgIpc) is 2.26. The molecule has 1 amide bonds. The second kappa shape index (κ2) is 5.15. The fraction of sp³-hybridized carbons (Fsp3) is 0.300. The summed E-state index contributed by atoms with van der Waals surface area (Å²) in [7, 11) is -0.477. The molecule has 0 aliphatic rings. The van der Waals surface area contributed by atoms with Crippen molar-refractivity contribution in [2.75, 3.05) is 26.0 Å². The van der Waals surface area contributed by atoms with Crippen LogP contribution in [0.4, 0.5) is 5.69 Å². The molecule has 1 aromatic rings. The van der Waals surface area contributed by atoms with E-state index in [9.17, 15) is 13.2 Å². The van der Waals surface area contributed by atoms with Crippen molar-refractivity contribution >= 4 is 21.6 Å². The number of nitrogens with two attached hydrogens (primary N) is 1. The summed E-state index contributed by atoms with van der Waals surface area (Å²) in [6, 6.07) is 6.11. The highest BCUT2D eigenvalue weighted by Crippen LogP contribution is 2.16. The molecule has 0 fully saturated rings. The van der Waals surface area contributed by atoms with Crippen molar-refractivity contribution in [1.82, 2.24) is 4.31 Å². The summed E-state index contributed by atoms with van der Waals surface area (Å²) in [4.78, 5) is 10.7. The van der Waals surface area contributed by atoms with Crippen molar-refractivity contribution < 1.29 is 13.2 Å². The van der Waals surface area contributed by atoms with Gasteiger partial charge in [0.15, 0.2) is 0 Å². The molecule has 0 aromatic heterocycles. The van der Waals surface area contributed by atoms with Crippen molar-refractivity contribution in [2.45, 2.75) is 4.90 Å². The first-order valence-electron chi connectivity index (χ1n) is 4.89. The van der Waals surface area contributed by atoms with Crippen molar-refractivity contribution in [2.24, 2.45) is 5.73 Å². The molecule has 0 unspecified atom stereocenters. The summed E-state index contributed by atoms with van der Waals surface area (Å²) < 4.78 is 24.6. The maximum Gasteiger partial charge on any atom is 0.242 e. The lowest BCUT2D eigenvalue weighted by atomic mass is 10.3. The van der Waals surface area contributed by atoms with Gasteiger partial charge in [0, 0.05) is 19.8 Å². The largest absolute Gasteiger partial charge is 0.376 e. The molecule has 0 aliphatic carbocycles. The number of amides is 1. The normalized spacial score (nSPS) is 11.5. The van der Waals surface area contributed by atoms with Crippen molar-refractivity contribution in [1.29, 1.82) is 0 Å². The molecule has 0 heterocycles. The van der Waals surface area contributed by atoms with Gasteiger partial charge >= 0.3 is 0 Å². The molecule has 0 spiro atoms. The lowest BCUT2D eigenvalue weighted by Crippen LogP contribution is -2.23. The van der Waals surface area contributed by atoms with E-state index in [2.05, 4.69) is 5.32 Å². The average molecular weight is 257 g/mol. The number of primary amides is 1. The van der Waals surface area contributed by atoms with Crippen LogP contribution in [-0.2, 0) is 14.8 Å². The lowest BCUT2D eigenvalue weighted by molar-refractivity contribution is -0.116. The Bertz CT molecular complexity index is 494. The smallest absolute Gasteiger partial charge is 0.242 e.